The van der Waals surface area contributed by atoms with E-state index in [1.54, 1.807) is 6.92 Å². The van der Waals surface area contributed by atoms with Crippen LogP contribution in [0.4, 0.5) is 0 Å². The van der Waals surface area contributed by atoms with E-state index in [0.29, 0.717) is 30.8 Å². The van der Waals surface area contributed by atoms with E-state index in [-0.39, 0.29) is 11.5 Å². The molecule has 0 aromatic heterocycles. The average Bonchev–Trinajstić information content (AvgIpc) is 2.54. The molecule has 0 bridgehead atoms. The van der Waals surface area contributed by atoms with Crippen LogP contribution >= 0.6 is 0 Å². The number of unbranched alkanes of at least 4 members (excludes halogenated alkanes) is 4. The molecule has 0 rings (SSSR count). The first-order valence-electron chi connectivity index (χ1n) is 8.72. The second kappa shape index (κ2) is 12.9. The smallest absolute Gasteiger partial charge is 0.337 e. The SMILES string of the molecule is C=C(C(=O)OCCCC)/C(CC)=C(/C)C(=O)OCCCCCC. The fourth-order valence-corrected chi connectivity index (χ4v) is 2.15. The van der Waals surface area contributed by atoms with Gasteiger partial charge in [-0.1, -0.05) is 53.0 Å². The molecule has 4 heteroatoms. The molecule has 0 atom stereocenters. The molecule has 0 spiro atoms. The molecule has 0 unspecified atom stereocenters. The van der Waals surface area contributed by atoms with Crippen LogP contribution in [-0.2, 0) is 19.1 Å². The molecule has 23 heavy (non-hydrogen) atoms. The second-order valence-electron chi connectivity index (χ2n) is 5.62. The summed E-state index contributed by atoms with van der Waals surface area (Å²) in [5.41, 5.74) is 1.31. The maximum atomic E-state index is 12.1. The third-order valence-corrected chi connectivity index (χ3v) is 3.69. The van der Waals surface area contributed by atoms with Gasteiger partial charge in [0.05, 0.1) is 18.8 Å². The standard InChI is InChI=1S/C19H32O4/c1-6-9-11-12-14-23-19(21)16(5)17(8-3)15(4)18(20)22-13-10-7-2/h4,6-14H2,1-3,5H3/b17-16-. The Kier molecular flexibility index (Phi) is 12.0. The molecule has 0 saturated carbocycles. The third kappa shape index (κ3) is 8.58. The van der Waals surface area contributed by atoms with Gasteiger partial charge in [0.2, 0.25) is 0 Å². The molecule has 4 nitrogen and oxygen atoms in total. The van der Waals surface area contributed by atoms with Crippen LogP contribution in [0.2, 0.25) is 0 Å². The predicted octanol–water partition coefficient (Wildman–Crippen LogP) is 4.74. The Morgan fingerprint density at radius 1 is 0.826 bits per heavy atom. The Morgan fingerprint density at radius 2 is 1.39 bits per heavy atom. The topological polar surface area (TPSA) is 52.6 Å². The average molecular weight is 324 g/mol. The lowest BCUT2D eigenvalue weighted by Gasteiger charge is -2.13. The lowest BCUT2D eigenvalue weighted by molar-refractivity contribution is -0.139. The third-order valence-electron chi connectivity index (χ3n) is 3.69. The van der Waals surface area contributed by atoms with Crippen molar-refractivity contribution in [3.05, 3.63) is 23.3 Å². The van der Waals surface area contributed by atoms with E-state index in [0.717, 1.165) is 38.5 Å². The van der Waals surface area contributed by atoms with Crippen molar-refractivity contribution in [3.8, 4) is 0 Å². The maximum absolute atomic E-state index is 12.1. The number of ether oxygens (including phenoxy) is 2. The van der Waals surface area contributed by atoms with E-state index in [1.165, 1.54) is 0 Å². The minimum absolute atomic E-state index is 0.254. The second-order valence-corrected chi connectivity index (χ2v) is 5.62. The highest BCUT2D eigenvalue weighted by Crippen LogP contribution is 2.20. The lowest BCUT2D eigenvalue weighted by atomic mass is 9.99. The Morgan fingerprint density at radius 3 is 1.96 bits per heavy atom. The molecule has 0 aliphatic carbocycles. The van der Waals surface area contributed by atoms with Gasteiger partial charge in [0.25, 0.3) is 0 Å². The summed E-state index contributed by atoms with van der Waals surface area (Å²) in [5.74, 6) is -0.828. The van der Waals surface area contributed by atoms with Gasteiger partial charge in [-0.05, 0) is 31.8 Å². The van der Waals surface area contributed by atoms with Gasteiger partial charge in [-0.25, -0.2) is 9.59 Å². The Labute approximate surface area is 140 Å². The summed E-state index contributed by atoms with van der Waals surface area (Å²) >= 11 is 0. The van der Waals surface area contributed by atoms with E-state index < -0.39 is 5.97 Å². The van der Waals surface area contributed by atoms with Gasteiger partial charge in [-0.2, -0.15) is 0 Å². The van der Waals surface area contributed by atoms with Crippen LogP contribution in [0.1, 0.15) is 72.6 Å². The Balaban J connectivity index is 4.61. The summed E-state index contributed by atoms with van der Waals surface area (Å²) < 4.78 is 10.4. The van der Waals surface area contributed by atoms with E-state index in [9.17, 15) is 9.59 Å². The van der Waals surface area contributed by atoms with Gasteiger partial charge in [-0.3, -0.25) is 0 Å². The van der Waals surface area contributed by atoms with Crippen LogP contribution in [0, 0.1) is 0 Å². The predicted molar refractivity (Wildman–Crippen MR) is 93.1 cm³/mol. The van der Waals surface area contributed by atoms with Crippen molar-refractivity contribution in [2.75, 3.05) is 13.2 Å². The number of carbonyl (C=O) groups excluding carboxylic acids is 2. The first-order chi connectivity index (χ1) is 11.0. The highest BCUT2D eigenvalue weighted by atomic mass is 16.5. The molecule has 132 valence electrons. The molecule has 0 radical (unpaired) electrons. The lowest BCUT2D eigenvalue weighted by Crippen LogP contribution is -2.14. The summed E-state index contributed by atoms with van der Waals surface area (Å²) in [5, 5.41) is 0. The zero-order chi connectivity index (χ0) is 17.7. The fourth-order valence-electron chi connectivity index (χ4n) is 2.15. The van der Waals surface area contributed by atoms with Gasteiger partial charge >= 0.3 is 11.9 Å². The molecule has 0 aromatic rings. The van der Waals surface area contributed by atoms with Crippen LogP contribution in [0.25, 0.3) is 0 Å². The van der Waals surface area contributed by atoms with Crippen molar-refractivity contribution in [2.45, 2.75) is 72.6 Å². The minimum Gasteiger partial charge on any atom is -0.462 e. The summed E-state index contributed by atoms with van der Waals surface area (Å²) in [6, 6.07) is 0. The number of hydrogen-bond donors (Lipinski definition) is 0. The van der Waals surface area contributed by atoms with Crippen molar-refractivity contribution in [1.82, 2.24) is 0 Å². The zero-order valence-electron chi connectivity index (χ0n) is 15.2. The van der Waals surface area contributed by atoms with Crippen LogP contribution in [-0.4, -0.2) is 25.2 Å². The molecular weight excluding hydrogens is 292 g/mol. The van der Waals surface area contributed by atoms with E-state index in [2.05, 4.69) is 13.5 Å². The van der Waals surface area contributed by atoms with Crippen molar-refractivity contribution in [3.63, 3.8) is 0 Å². The number of rotatable bonds is 12. The molecule has 0 aliphatic rings. The monoisotopic (exact) mass is 324 g/mol. The van der Waals surface area contributed by atoms with Crippen molar-refractivity contribution >= 4 is 11.9 Å². The molecule has 0 saturated heterocycles. The summed E-state index contributed by atoms with van der Waals surface area (Å²) in [7, 11) is 0. The van der Waals surface area contributed by atoms with Gasteiger partial charge < -0.3 is 9.47 Å². The number of hydrogen-bond acceptors (Lipinski definition) is 4. The highest BCUT2D eigenvalue weighted by Gasteiger charge is 2.19. The molecule has 0 aromatic carbocycles. The Hall–Kier alpha value is -1.58. The van der Waals surface area contributed by atoms with Crippen LogP contribution in [0.5, 0.6) is 0 Å². The van der Waals surface area contributed by atoms with E-state index in [1.807, 2.05) is 13.8 Å². The summed E-state index contributed by atoms with van der Waals surface area (Å²) in [4.78, 5) is 24.1. The van der Waals surface area contributed by atoms with Gasteiger partial charge in [0.1, 0.15) is 0 Å². The van der Waals surface area contributed by atoms with E-state index >= 15 is 0 Å². The van der Waals surface area contributed by atoms with Crippen molar-refractivity contribution < 1.29 is 19.1 Å². The first-order valence-corrected chi connectivity index (χ1v) is 8.72. The summed E-state index contributed by atoms with van der Waals surface area (Å²) in [6.45, 7) is 12.3. The number of esters is 2. The quantitative estimate of drug-likeness (QED) is 0.225. The fraction of sp³-hybridized carbons (Fsp3) is 0.684. The molecule has 0 heterocycles. The molecule has 0 aliphatic heterocycles. The molecule has 0 fully saturated rings. The largest absolute Gasteiger partial charge is 0.462 e. The molecule has 0 amide bonds. The first kappa shape index (κ1) is 21.4. The van der Waals surface area contributed by atoms with Crippen LogP contribution in [0.3, 0.4) is 0 Å². The maximum Gasteiger partial charge on any atom is 0.337 e. The van der Waals surface area contributed by atoms with Gasteiger partial charge in [-0.15, -0.1) is 0 Å². The number of carbonyl (C=O) groups is 2. The van der Waals surface area contributed by atoms with Gasteiger partial charge in [0.15, 0.2) is 0 Å². The molecular formula is C19H32O4. The normalized spacial score (nSPS) is 11.7. The summed E-state index contributed by atoms with van der Waals surface area (Å²) in [6.07, 6.45) is 6.54. The van der Waals surface area contributed by atoms with Crippen LogP contribution < -0.4 is 0 Å². The van der Waals surface area contributed by atoms with Crippen LogP contribution in [0.15, 0.2) is 23.3 Å². The highest BCUT2D eigenvalue weighted by molar-refractivity contribution is 5.97. The van der Waals surface area contributed by atoms with Crippen molar-refractivity contribution in [1.29, 1.82) is 0 Å². The molecule has 0 N–H and O–H groups in total. The van der Waals surface area contributed by atoms with Gasteiger partial charge in [0, 0.05) is 5.57 Å². The van der Waals surface area contributed by atoms with E-state index in [4.69, 9.17) is 9.47 Å². The Bertz CT molecular complexity index is 421. The van der Waals surface area contributed by atoms with Crippen molar-refractivity contribution in [2.24, 2.45) is 0 Å². The minimum atomic E-state index is -0.453. The zero-order valence-corrected chi connectivity index (χ0v) is 15.2.